The SMILES string of the molecule is CCNC(Cc1cccc(O)c1)c1ccccc1C. The molecule has 0 fully saturated rings. The van der Waals surface area contributed by atoms with E-state index in [0.29, 0.717) is 5.75 Å². The maximum Gasteiger partial charge on any atom is 0.115 e. The molecular formula is C17H21NO. The van der Waals surface area contributed by atoms with Gasteiger partial charge in [-0.3, -0.25) is 0 Å². The van der Waals surface area contributed by atoms with Crippen molar-refractivity contribution in [3.8, 4) is 5.75 Å². The number of benzene rings is 2. The van der Waals surface area contributed by atoms with Crippen LogP contribution in [0.4, 0.5) is 0 Å². The number of likely N-dealkylation sites (N-methyl/N-ethyl adjacent to an activating group) is 1. The van der Waals surface area contributed by atoms with Gasteiger partial charge in [-0.15, -0.1) is 0 Å². The molecule has 0 saturated heterocycles. The van der Waals surface area contributed by atoms with E-state index >= 15 is 0 Å². The van der Waals surface area contributed by atoms with Gasteiger partial charge >= 0.3 is 0 Å². The van der Waals surface area contributed by atoms with Crippen LogP contribution in [0.5, 0.6) is 5.75 Å². The average Bonchev–Trinajstić information content (AvgIpc) is 2.39. The van der Waals surface area contributed by atoms with Crippen molar-refractivity contribution in [2.45, 2.75) is 26.3 Å². The molecule has 0 radical (unpaired) electrons. The lowest BCUT2D eigenvalue weighted by atomic mass is 9.95. The third-order valence-electron chi connectivity index (χ3n) is 3.36. The first kappa shape index (κ1) is 13.6. The van der Waals surface area contributed by atoms with Crippen molar-refractivity contribution < 1.29 is 5.11 Å². The number of nitrogens with one attached hydrogen (secondary N) is 1. The van der Waals surface area contributed by atoms with Gasteiger partial charge < -0.3 is 10.4 Å². The van der Waals surface area contributed by atoms with Crippen LogP contribution in [-0.4, -0.2) is 11.7 Å². The minimum absolute atomic E-state index is 0.285. The van der Waals surface area contributed by atoms with E-state index in [1.807, 2.05) is 12.1 Å². The predicted molar refractivity (Wildman–Crippen MR) is 79.4 cm³/mol. The standard InChI is InChI=1S/C17H21NO/c1-3-18-17(16-10-5-4-7-13(16)2)12-14-8-6-9-15(19)11-14/h4-11,17-19H,3,12H2,1-2H3. The molecular weight excluding hydrogens is 234 g/mol. The van der Waals surface area contributed by atoms with Crippen LogP contribution in [-0.2, 0) is 6.42 Å². The van der Waals surface area contributed by atoms with Gasteiger partial charge in [0.05, 0.1) is 0 Å². The second-order valence-corrected chi connectivity index (χ2v) is 4.84. The molecule has 0 amide bonds. The Morgan fingerprint density at radius 2 is 1.89 bits per heavy atom. The van der Waals surface area contributed by atoms with Crippen molar-refractivity contribution in [1.29, 1.82) is 0 Å². The number of aryl methyl sites for hydroxylation is 1. The first-order valence-electron chi connectivity index (χ1n) is 6.77. The highest BCUT2D eigenvalue weighted by Crippen LogP contribution is 2.23. The molecule has 0 aliphatic rings. The van der Waals surface area contributed by atoms with Gasteiger partial charge in [-0.25, -0.2) is 0 Å². The van der Waals surface area contributed by atoms with Crippen LogP contribution < -0.4 is 5.32 Å². The van der Waals surface area contributed by atoms with Gasteiger partial charge in [-0.2, -0.15) is 0 Å². The summed E-state index contributed by atoms with van der Waals surface area (Å²) >= 11 is 0. The van der Waals surface area contributed by atoms with E-state index in [4.69, 9.17) is 0 Å². The maximum absolute atomic E-state index is 9.56. The van der Waals surface area contributed by atoms with Crippen LogP contribution in [0.1, 0.15) is 29.7 Å². The number of aromatic hydroxyl groups is 1. The van der Waals surface area contributed by atoms with Crippen molar-refractivity contribution in [2.75, 3.05) is 6.54 Å². The molecule has 19 heavy (non-hydrogen) atoms. The summed E-state index contributed by atoms with van der Waals surface area (Å²) in [5.74, 6) is 0.331. The first-order valence-corrected chi connectivity index (χ1v) is 6.77. The minimum atomic E-state index is 0.285. The van der Waals surface area contributed by atoms with Gasteiger partial charge in [0.1, 0.15) is 5.75 Å². The molecule has 0 spiro atoms. The normalized spacial score (nSPS) is 12.3. The Balaban J connectivity index is 2.24. The Labute approximate surface area is 115 Å². The van der Waals surface area contributed by atoms with Gasteiger partial charge in [0.2, 0.25) is 0 Å². The Kier molecular flexibility index (Phi) is 4.58. The van der Waals surface area contributed by atoms with Crippen molar-refractivity contribution in [3.05, 3.63) is 65.2 Å². The molecule has 0 bridgehead atoms. The third kappa shape index (κ3) is 3.58. The van der Waals surface area contributed by atoms with Crippen molar-refractivity contribution in [3.63, 3.8) is 0 Å². The van der Waals surface area contributed by atoms with Gasteiger partial charge in [0, 0.05) is 6.04 Å². The van der Waals surface area contributed by atoms with E-state index < -0.39 is 0 Å². The number of phenolic OH excluding ortho intramolecular Hbond substituents is 1. The molecule has 2 rings (SSSR count). The fourth-order valence-electron chi connectivity index (χ4n) is 2.44. The molecule has 2 aromatic rings. The fourth-order valence-corrected chi connectivity index (χ4v) is 2.44. The molecule has 2 heteroatoms. The van der Waals surface area contributed by atoms with E-state index in [0.717, 1.165) is 18.5 Å². The molecule has 100 valence electrons. The van der Waals surface area contributed by atoms with E-state index in [-0.39, 0.29) is 6.04 Å². The number of hydrogen-bond donors (Lipinski definition) is 2. The molecule has 0 heterocycles. The molecule has 1 atom stereocenters. The van der Waals surface area contributed by atoms with Crippen LogP contribution in [0.2, 0.25) is 0 Å². The number of phenols is 1. The second kappa shape index (κ2) is 6.39. The molecule has 2 N–H and O–H groups in total. The highest BCUT2D eigenvalue weighted by Gasteiger charge is 2.13. The molecule has 0 aliphatic carbocycles. The Bertz CT molecular complexity index is 536. The van der Waals surface area contributed by atoms with Crippen molar-refractivity contribution in [1.82, 2.24) is 5.32 Å². The lowest BCUT2D eigenvalue weighted by Crippen LogP contribution is -2.23. The molecule has 0 aromatic heterocycles. The van der Waals surface area contributed by atoms with E-state index in [1.165, 1.54) is 11.1 Å². The summed E-state index contributed by atoms with van der Waals surface area (Å²) < 4.78 is 0. The largest absolute Gasteiger partial charge is 0.508 e. The van der Waals surface area contributed by atoms with Gasteiger partial charge in [-0.1, -0.05) is 43.3 Å². The van der Waals surface area contributed by atoms with Crippen LogP contribution >= 0.6 is 0 Å². The predicted octanol–water partition coefficient (Wildman–Crippen LogP) is 3.59. The average molecular weight is 255 g/mol. The van der Waals surface area contributed by atoms with E-state index in [2.05, 4.69) is 49.5 Å². The van der Waals surface area contributed by atoms with Crippen LogP contribution in [0.3, 0.4) is 0 Å². The quantitative estimate of drug-likeness (QED) is 0.855. The van der Waals surface area contributed by atoms with Gasteiger partial charge in [-0.05, 0) is 48.7 Å². The van der Waals surface area contributed by atoms with Gasteiger partial charge in [0.25, 0.3) is 0 Å². The monoisotopic (exact) mass is 255 g/mol. The highest BCUT2D eigenvalue weighted by atomic mass is 16.3. The zero-order valence-electron chi connectivity index (χ0n) is 11.6. The zero-order chi connectivity index (χ0) is 13.7. The molecule has 2 nitrogen and oxygen atoms in total. The van der Waals surface area contributed by atoms with Gasteiger partial charge in [0.15, 0.2) is 0 Å². The van der Waals surface area contributed by atoms with Crippen LogP contribution in [0.15, 0.2) is 48.5 Å². The zero-order valence-corrected chi connectivity index (χ0v) is 11.6. The summed E-state index contributed by atoms with van der Waals surface area (Å²) in [6.07, 6.45) is 0.882. The third-order valence-corrected chi connectivity index (χ3v) is 3.36. The molecule has 0 saturated carbocycles. The van der Waals surface area contributed by atoms with Crippen LogP contribution in [0, 0.1) is 6.92 Å². The maximum atomic E-state index is 9.56. The van der Waals surface area contributed by atoms with E-state index in [9.17, 15) is 5.11 Å². The highest BCUT2D eigenvalue weighted by molar-refractivity contribution is 5.33. The minimum Gasteiger partial charge on any atom is -0.508 e. The Morgan fingerprint density at radius 1 is 1.11 bits per heavy atom. The Hall–Kier alpha value is -1.80. The fraction of sp³-hybridized carbons (Fsp3) is 0.294. The molecule has 1 unspecified atom stereocenters. The summed E-state index contributed by atoms with van der Waals surface area (Å²) in [5, 5.41) is 13.1. The topological polar surface area (TPSA) is 32.3 Å². The molecule has 0 aliphatic heterocycles. The smallest absolute Gasteiger partial charge is 0.115 e. The number of rotatable bonds is 5. The first-order chi connectivity index (χ1) is 9.20. The summed E-state index contributed by atoms with van der Waals surface area (Å²) in [7, 11) is 0. The molecule has 2 aromatic carbocycles. The van der Waals surface area contributed by atoms with Crippen molar-refractivity contribution in [2.24, 2.45) is 0 Å². The summed E-state index contributed by atoms with van der Waals surface area (Å²) in [5.41, 5.74) is 3.77. The lowest BCUT2D eigenvalue weighted by Gasteiger charge is -2.20. The second-order valence-electron chi connectivity index (χ2n) is 4.84. The number of hydrogen-bond acceptors (Lipinski definition) is 2. The van der Waals surface area contributed by atoms with Crippen molar-refractivity contribution >= 4 is 0 Å². The summed E-state index contributed by atoms with van der Waals surface area (Å²) in [4.78, 5) is 0. The Morgan fingerprint density at radius 3 is 2.58 bits per heavy atom. The van der Waals surface area contributed by atoms with Crippen LogP contribution in [0.25, 0.3) is 0 Å². The summed E-state index contributed by atoms with van der Waals surface area (Å²) in [6, 6.07) is 16.2. The van der Waals surface area contributed by atoms with E-state index in [1.54, 1.807) is 6.07 Å². The summed E-state index contributed by atoms with van der Waals surface area (Å²) in [6.45, 7) is 5.19. The lowest BCUT2D eigenvalue weighted by molar-refractivity contribution is 0.473.